The third-order valence-electron chi connectivity index (χ3n) is 2.87. The predicted molar refractivity (Wildman–Crippen MR) is 76.3 cm³/mol. The molecule has 0 N–H and O–H groups in total. The minimum Gasteiger partial charge on any atom is -0.493 e. The van der Waals surface area contributed by atoms with Crippen molar-refractivity contribution in [3.8, 4) is 17.2 Å². The third-order valence-corrected chi connectivity index (χ3v) is 2.87. The normalized spacial score (nSPS) is 10.0. The largest absolute Gasteiger partial charge is 0.493 e. The smallest absolute Gasteiger partial charge is 0.273 e. The number of nitrogens with zero attached hydrogens (tertiary/aromatic N) is 1. The zero-order valence-corrected chi connectivity index (χ0v) is 11.5. The molecule has 0 saturated carbocycles. The van der Waals surface area contributed by atoms with Crippen molar-refractivity contribution in [2.75, 3.05) is 7.11 Å². The Morgan fingerprint density at radius 1 is 1.10 bits per heavy atom. The highest BCUT2D eigenvalue weighted by atomic mass is 16.6. The first kappa shape index (κ1) is 14.5. The lowest BCUT2D eigenvalue weighted by Gasteiger charge is -2.11. The molecule has 6 nitrogen and oxygen atoms in total. The monoisotopic (exact) mass is 287 g/mol. The number of aryl methyl sites for hydroxylation is 1. The van der Waals surface area contributed by atoms with E-state index >= 15 is 0 Å². The Kier molecular flexibility index (Phi) is 4.18. The molecule has 2 rings (SSSR count). The lowest BCUT2D eigenvalue weighted by molar-refractivity contribution is -0.384. The first-order valence-corrected chi connectivity index (χ1v) is 6.11. The van der Waals surface area contributed by atoms with Gasteiger partial charge in [0.1, 0.15) is 5.75 Å². The molecule has 0 unspecified atom stereocenters. The van der Waals surface area contributed by atoms with Crippen LogP contribution in [0.2, 0.25) is 0 Å². The maximum Gasteiger partial charge on any atom is 0.273 e. The standard InChI is InChI=1S/C15H13NO5/c1-10-3-5-13(11(7-10)9-17)21-15-8-12(16(18)19)4-6-14(15)20-2/h3-9H,1-2H3. The van der Waals surface area contributed by atoms with Gasteiger partial charge in [0.25, 0.3) is 5.69 Å². The van der Waals surface area contributed by atoms with Crippen LogP contribution in [0.1, 0.15) is 15.9 Å². The van der Waals surface area contributed by atoms with Crippen LogP contribution in [-0.4, -0.2) is 18.3 Å². The molecule has 2 aromatic rings. The molecule has 2 aromatic carbocycles. The predicted octanol–water partition coefficient (Wildman–Crippen LogP) is 3.52. The van der Waals surface area contributed by atoms with Crippen LogP contribution < -0.4 is 9.47 Å². The molecular weight excluding hydrogens is 274 g/mol. The van der Waals surface area contributed by atoms with Crippen LogP contribution >= 0.6 is 0 Å². The number of benzene rings is 2. The average Bonchev–Trinajstić information content (AvgIpc) is 2.48. The minimum atomic E-state index is -0.526. The van der Waals surface area contributed by atoms with Crippen molar-refractivity contribution >= 4 is 12.0 Å². The molecule has 0 amide bonds. The molecule has 0 atom stereocenters. The van der Waals surface area contributed by atoms with Gasteiger partial charge in [-0.2, -0.15) is 0 Å². The zero-order valence-electron chi connectivity index (χ0n) is 11.5. The summed E-state index contributed by atoms with van der Waals surface area (Å²) in [4.78, 5) is 21.4. The second kappa shape index (κ2) is 6.04. The average molecular weight is 287 g/mol. The highest BCUT2D eigenvalue weighted by molar-refractivity contribution is 5.80. The number of rotatable bonds is 5. The molecule has 21 heavy (non-hydrogen) atoms. The summed E-state index contributed by atoms with van der Waals surface area (Å²) in [6.45, 7) is 1.85. The maximum absolute atomic E-state index is 11.1. The summed E-state index contributed by atoms with van der Waals surface area (Å²) >= 11 is 0. The molecule has 0 bridgehead atoms. The molecular formula is C15H13NO5. The van der Waals surface area contributed by atoms with Crippen molar-refractivity contribution in [1.82, 2.24) is 0 Å². The van der Waals surface area contributed by atoms with Crippen molar-refractivity contribution in [3.63, 3.8) is 0 Å². The summed E-state index contributed by atoms with van der Waals surface area (Å²) < 4.78 is 10.7. The van der Waals surface area contributed by atoms with E-state index in [4.69, 9.17) is 9.47 Å². The number of nitro groups is 1. The van der Waals surface area contributed by atoms with E-state index in [2.05, 4.69) is 0 Å². The molecule has 0 radical (unpaired) electrons. The number of nitro benzene ring substituents is 1. The van der Waals surface area contributed by atoms with Gasteiger partial charge < -0.3 is 9.47 Å². The van der Waals surface area contributed by atoms with Crippen molar-refractivity contribution < 1.29 is 19.2 Å². The van der Waals surface area contributed by atoms with Gasteiger partial charge in [0.05, 0.1) is 23.7 Å². The maximum atomic E-state index is 11.1. The highest BCUT2D eigenvalue weighted by Gasteiger charge is 2.14. The molecule has 0 heterocycles. The fraction of sp³-hybridized carbons (Fsp3) is 0.133. The number of hydrogen-bond acceptors (Lipinski definition) is 5. The number of carbonyl (C=O) groups is 1. The van der Waals surface area contributed by atoms with Crippen molar-refractivity contribution in [2.24, 2.45) is 0 Å². The zero-order chi connectivity index (χ0) is 15.4. The van der Waals surface area contributed by atoms with Crippen LogP contribution in [0.4, 0.5) is 5.69 Å². The quantitative estimate of drug-likeness (QED) is 0.477. The Hall–Kier alpha value is -2.89. The summed E-state index contributed by atoms with van der Waals surface area (Å²) in [7, 11) is 1.43. The van der Waals surface area contributed by atoms with E-state index in [1.165, 1.54) is 25.3 Å². The van der Waals surface area contributed by atoms with Crippen LogP contribution in [0.25, 0.3) is 0 Å². The van der Waals surface area contributed by atoms with E-state index < -0.39 is 4.92 Å². The highest BCUT2D eigenvalue weighted by Crippen LogP contribution is 2.35. The topological polar surface area (TPSA) is 78.7 Å². The van der Waals surface area contributed by atoms with Crippen molar-refractivity contribution in [3.05, 3.63) is 57.6 Å². The summed E-state index contributed by atoms with van der Waals surface area (Å²) in [6, 6.07) is 9.12. The number of non-ortho nitro benzene ring substituents is 1. The number of ether oxygens (including phenoxy) is 2. The summed E-state index contributed by atoms with van der Waals surface area (Å²) in [5.41, 5.74) is 1.16. The van der Waals surface area contributed by atoms with Crippen LogP contribution in [0.3, 0.4) is 0 Å². The van der Waals surface area contributed by atoms with Gasteiger partial charge in [-0.1, -0.05) is 11.6 Å². The molecule has 0 spiro atoms. The van der Waals surface area contributed by atoms with Gasteiger partial charge in [0.2, 0.25) is 0 Å². The Balaban J connectivity index is 2.45. The Morgan fingerprint density at radius 3 is 2.43 bits per heavy atom. The number of methoxy groups -OCH3 is 1. The Morgan fingerprint density at radius 2 is 1.81 bits per heavy atom. The van der Waals surface area contributed by atoms with E-state index in [-0.39, 0.29) is 11.4 Å². The molecule has 0 fully saturated rings. The van der Waals surface area contributed by atoms with Gasteiger partial charge >= 0.3 is 0 Å². The van der Waals surface area contributed by atoms with Crippen LogP contribution in [0.15, 0.2) is 36.4 Å². The molecule has 0 aliphatic heterocycles. The van der Waals surface area contributed by atoms with Crippen LogP contribution in [0.5, 0.6) is 17.2 Å². The molecule has 108 valence electrons. The minimum absolute atomic E-state index is 0.120. The third kappa shape index (κ3) is 3.17. The summed E-state index contributed by atoms with van der Waals surface area (Å²) in [6.07, 6.45) is 0.673. The lowest BCUT2D eigenvalue weighted by atomic mass is 10.1. The molecule has 6 heteroatoms. The van der Waals surface area contributed by atoms with E-state index in [1.54, 1.807) is 18.2 Å². The number of aldehydes is 1. The fourth-order valence-electron chi connectivity index (χ4n) is 1.83. The van der Waals surface area contributed by atoms with E-state index in [9.17, 15) is 14.9 Å². The van der Waals surface area contributed by atoms with E-state index in [0.29, 0.717) is 23.3 Å². The van der Waals surface area contributed by atoms with Gasteiger partial charge in [-0.3, -0.25) is 14.9 Å². The van der Waals surface area contributed by atoms with Crippen LogP contribution in [0, 0.1) is 17.0 Å². The Bertz CT molecular complexity index is 696. The van der Waals surface area contributed by atoms with Crippen LogP contribution in [-0.2, 0) is 0 Å². The van der Waals surface area contributed by atoms with E-state index in [1.807, 2.05) is 6.92 Å². The van der Waals surface area contributed by atoms with Gasteiger partial charge in [-0.25, -0.2) is 0 Å². The Labute approximate surface area is 121 Å². The van der Waals surface area contributed by atoms with Gasteiger partial charge in [-0.15, -0.1) is 0 Å². The molecule has 0 aliphatic carbocycles. The lowest BCUT2D eigenvalue weighted by Crippen LogP contribution is -1.96. The summed E-state index contributed by atoms with van der Waals surface area (Å²) in [5, 5.41) is 10.8. The van der Waals surface area contributed by atoms with Gasteiger partial charge in [0, 0.05) is 6.07 Å². The first-order chi connectivity index (χ1) is 10.0. The van der Waals surface area contributed by atoms with E-state index in [0.717, 1.165) is 5.56 Å². The van der Waals surface area contributed by atoms with Crippen molar-refractivity contribution in [1.29, 1.82) is 0 Å². The number of carbonyl (C=O) groups excluding carboxylic acids is 1. The van der Waals surface area contributed by atoms with Gasteiger partial charge in [0.15, 0.2) is 17.8 Å². The SMILES string of the molecule is COc1ccc([N+](=O)[O-])cc1Oc1ccc(C)cc1C=O. The molecule has 0 aliphatic rings. The number of hydrogen-bond donors (Lipinski definition) is 0. The van der Waals surface area contributed by atoms with Gasteiger partial charge in [-0.05, 0) is 25.1 Å². The second-order valence-corrected chi connectivity index (χ2v) is 4.35. The summed E-state index contributed by atoms with van der Waals surface area (Å²) in [5.74, 6) is 0.839. The molecule has 0 saturated heterocycles. The fourth-order valence-corrected chi connectivity index (χ4v) is 1.83. The second-order valence-electron chi connectivity index (χ2n) is 4.35. The molecule has 0 aromatic heterocycles. The first-order valence-electron chi connectivity index (χ1n) is 6.11. The van der Waals surface area contributed by atoms with Crippen molar-refractivity contribution in [2.45, 2.75) is 6.92 Å².